The average Bonchev–Trinajstić information content (AvgIpc) is 3.48. The van der Waals surface area contributed by atoms with Crippen molar-refractivity contribution >= 4 is 21.6 Å². The van der Waals surface area contributed by atoms with E-state index in [9.17, 15) is 18.5 Å². The number of rotatable bonds is 8. The molecule has 1 N–H and O–H groups in total. The van der Waals surface area contributed by atoms with E-state index in [4.69, 9.17) is 4.84 Å². The molecule has 0 saturated carbocycles. The van der Waals surface area contributed by atoms with Crippen molar-refractivity contribution in [3.63, 3.8) is 0 Å². The van der Waals surface area contributed by atoms with Crippen LogP contribution >= 0.6 is 0 Å². The van der Waals surface area contributed by atoms with Crippen molar-refractivity contribution in [2.75, 3.05) is 13.1 Å². The lowest BCUT2D eigenvalue weighted by Gasteiger charge is -2.33. The van der Waals surface area contributed by atoms with E-state index in [1.807, 2.05) is 18.2 Å². The zero-order valence-corrected chi connectivity index (χ0v) is 20.8. The molecule has 10 heteroatoms. The quantitative estimate of drug-likeness (QED) is 0.601. The fourth-order valence-electron chi connectivity index (χ4n) is 4.63. The molecule has 0 radical (unpaired) electrons. The number of nitrogens with one attached hydrogen (secondary N) is 1. The molecule has 2 aliphatic heterocycles. The maximum atomic E-state index is 13.7. The van der Waals surface area contributed by atoms with Crippen LogP contribution in [0.15, 0.2) is 53.8 Å². The van der Waals surface area contributed by atoms with Crippen LogP contribution < -0.4 is 4.72 Å². The molecule has 2 aromatic rings. The summed E-state index contributed by atoms with van der Waals surface area (Å²) in [7, 11) is -4.03. The van der Waals surface area contributed by atoms with E-state index in [2.05, 4.69) is 22.9 Å². The van der Waals surface area contributed by atoms with Crippen LogP contribution in [0.4, 0.5) is 0 Å². The Bertz CT molecular complexity index is 1210. The number of amides is 1. The topological polar surface area (TPSA) is 117 Å². The number of benzene rings is 1. The summed E-state index contributed by atoms with van der Waals surface area (Å²) < 4.78 is 31.7. The molecule has 186 valence electrons. The summed E-state index contributed by atoms with van der Waals surface area (Å²) in [6.07, 6.45) is 3.04. The van der Waals surface area contributed by atoms with Crippen LogP contribution in [-0.4, -0.2) is 60.0 Å². The number of hydrogen-bond acceptors (Lipinski definition) is 6. The lowest BCUT2D eigenvalue weighted by molar-refractivity contribution is -0.134. The van der Waals surface area contributed by atoms with Gasteiger partial charge in [-0.1, -0.05) is 42.4 Å². The van der Waals surface area contributed by atoms with Crippen LogP contribution in [0.5, 0.6) is 0 Å². The van der Waals surface area contributed by atoms with Gasteiger partial charge < -0.3 is 14.3 Å². The van der Waals surface area contributed by atoms with Crippen LogP contribution in [0, 0.1) is 17.2 Å². The first-order valence-corrected chi connectivity index (χ1v) is 13.5. The molecular formula is C25H31N5O4S. The number of carbonyl (C=O) groups excluding carboxylic acids is 1. The van der Waals surface area contributed by atoms with E-state index in [1.165, 1.54) is 0 Å². The third kappa shape index (κ3) is 5.57. The van der Waals surface area contributed by atoms with E-state index in [1.54, 1.807) is 46.9 Å². The zero-order valence-electron chi connectivity index (χ0n) is 20.0. The van der Waals surface area contributed by atoms with Gasteiger partial charge in [-0.25, -0.2) is 13.1 Å². The van der Waals surface area contributed by atoms with Crippen molar-refractivity contribution in [2.24, 2.45) is 11.1 Å². The van der Waals surface area contributed by atoms with Gasteiger partial charge in [0.25, 0.3) is 0 Å². The van der Waals surface area contributed by atoms with Crippen LogP contribution in [0.2, 0.25) is 0 Å². The fourth-order valence-corrected chi connectivity index (χ4v) is 6.42. The van der Waals surface area contributed by atoms with Gasteiger partial charge in [-0.15, -0.1) is 0 Å². The molecule has 0 aliphatic carbocycles. The van der Waals surface area contributed by atoms with Crippen LogP contribution in [0.25, 0.3) is 0 Å². The van der Waals surface area contributed by atoms with E-state index >= 15 is 0 Å². The number of likely N-dealkylation sites (tertiary alicyclic amines) is 1. The summed E-state index contributed by atoms with van der Waals surface area (Å²) >= 11 is 0. The van der Waals surface area contributed by atoms with Gasteiger partial charge in [0.1, 0.15) is 29.6 Å². The summed E-state index contributed by atoms with van der Waals surface area (Å²) in [5, 5.41) is 12.3. The smallest absolute Gasteiger partial charge is 0.240 e. The van der Waals surface area contributed by atoms with Gasteiger partial charge in [0.05, 0.1) is 0 Å². The summed E-state index contributed by atoms with van der Waals surface area (Å²) in [5.41, 5.74) is 1.44. The highest BCUT2D eigenvalue weighted by molar-refractivity contribution is 7.91. The molecule has 2 aliphatic rings. The van der Waals surface area contributed by atoms with Crippen molar-refractivity contribution in [3.8, 4) is 6.07 Å². The average molecular weight is 498 g/mol. The molecular weight excluding hydrogens is 466 g/mol. The molecule has 3 unspecified atom stereocenters. The predicted octanol–water partition coefficient (Wildman–Crippen LogP) is 2.49. The minimum Gasteiger partial charge on any atom is -0.391 e. The van der Waals surface area contributed by atoms with E-state index in [0.29, 0.717) is 42.5 Å². The molecule has 9 nitrogen and oxygen atoms in total. The highest BCUT2D eigenvalue weighted by Gasteiger charge is 2.44. The number of oxime groups is 1. The number of nitriles is 1. The number of nitrogens with zero attached hydrogens (tertiary/aromatic N) is 4. The second-order valence-electron chi connectivity index (χ2n) is 9.28. The van der Waals surface area contributed by atoms with Crippen molar-refractivity contribution in [1.29, 1.82) is 5.26 Å². The Kier molecular flexibility index (Phi) is 7.57. The maximum absolute atomic E-state index is 13.7. The Balaban J connectivity index is 1.57. The van der Waals surface area contributed by atoms with Crippen LogP contribution in [-0.2, 0) is 26.2 Å². The highest BCUT2D eigenvalue weighted by atomic mass is 32.2. The normalized spacial score (nSPS) is 21.7. The molecule has 1 aromatic heterocycles. The summed E-state index contributed by atoms with van der Waals surface area (Å²) in [6, 6.07) is 13.6. The van der Waals surface area contributed by atoms with Gasteiger partial charge in [-0.3, -0.25) is 4.79 Å². The zero-order chi connectivity index (χ0) is 25.0. The first-order chi connectivity index (χ1) is 16.8. The maximum Gasteiger partial charge on any atom is 0.240 e. The van der Waals surface area contributed by atoms with Crippen molar-refractivity contribution in [2.45, 2.75) is 57.1 Å². The van der Waals surface area contributed by atoms with Gasteiger partial charge in [0.2, 0.25) is 15.9 Å². The Hall–Kier alpha value is -3.16. The predicted molar refractivity (Wildman–Crippen MR) is 132 cm³/mol. The third-order valence-corrected chi connectivity index (χ3v) is 8.61. The molecule has 3 atom stereocenters. The molecule has 3 heterocycles. The highest BCUT2D eigenvalue weighted by Crippen LogP contribution is 2.24. The van der Waals surface area contributed by atoms with E-state index < -0.39 is 27.4 Å². The lowest BCUT2D eigenvalue weighted by atomic mass is 9.98. The van der Waals surface area contributed by atoms with Crippen molar-refractivity contribution in [1.82, 2.24) is 14.2 Å². The molecule has 4 rings (SSSR count). The molecule has 35 heavy (non-hydrogen) atoms. The SMILES string of the molecule is CC1CCN(C(=O)C(CCn2cccc2C#N)NS(=O)(=O)C2C(c3ccccc3)=NOC2C)CC1. The molecule has 0 spiro atoms. The van der Waals surface area contributed by atoms with Crippen molar-refractivity contribution < 1.29 is 18.0 Å². The second kappa shape index (κ2) is 10.6. The summed E-state index contributed by atoms with van der Waals surface area (Å²) in [5.74, 6) is 0.296. The van der Waals surface area contributed by atoms with E-state index in [0.717, 1.165) is 12.8 Å². The Labute approximate surface area is 206 Å². The minimum absolute atomic E-state index is 0.216. The standard InChI is InChI=1S/C25H31N5O4S/c1-18-10-14-30(15-11-18)25(31)22(12-16-29-13-6-9-21(29)17-26)28-35(32,33)24-19(2)34-27-23(24)20-7-4-3-5-8-20/h3-9,13,18-19,22,24,28H,10-12,14-16H2,1-2H3. The van der Waals surface area contributed by atoms with Gasteiger partial charge >= 0.3 is 0 Å². The number of piperidine rings is 1. The molecule has 1 amide bonds. The first-order valence-electron chi connectivity index (χ1n) is 11.9. The van der Waals surface area contributed by atoms with Crippen LogP contribution in [0.3, 0.4) is 0 Å². The number of aromatic nitrogens is 1. The van der Waals surface area contributed by atoms with Gasteiger partial charge in [0, 0.05) is 31.4 Å². The van der Waals surface area contributed by atoms with E-state index in [-0.39, 0.29) is 12.3 Å². The Morgan fingerprint density at radius 3 is 2.60 bits per heavy atom. The number of carbonyl (C=O) groups is 1. The monoisotopic (exact) mass is 497 g/mol. The molecule has 1 aromatic carbocycles. The number of aryl methyl sites for hydroxylation is 1. The Morgan fingerprint density at radius 2 is 1.91 bits per heavy atom. The molecule has 0 bridgehead atoms. The molecule has 1 fully saturated rings. The number of sulfonamides is 1. The van der Waals surface area contributed by atoms with Gasteiger partial charge in [-0.2, -0.15) is 5.26 Å². The van der Waals surface area contributed by atoms with Crippen LogP contribution in [0.1, 0.15) is 44.4 Å². The summed E-state index contributed by atoms with van der Waals surface area (Å²) in [6.45, 7) is 5.35. The summed E-state index contributed by atoms with van der Waals surface area (Å²) in [4.78, 5) is 20.6. The fraction of sp³-hybridized carbons (Fsp3) is 0.480. The minimum atomic E-state index is -4.03. The largest absolute Gasteiger partial charge is 0.391 e. The lowest BCUT2D eigenvalue weighted by Crippen LogP contribution is -2.54. The second-order valence-corrected chi connectivity index (χ2v) is 11.1. The van der Waals surface area contributed by atoms with Gasteiger partial charge in [0.15, 0.2) is 5.25 Å². The Morgan fingerprint density at radius 1 is 1.20 bits per heavy atom. The van der Waals surface area contributed by atoms with Crippen molar-refractivity contribution in [3.05, 3.63) is 59.9 Å². The third-order valence-electron chi connectivity index (χ3n) is 6.72. The first kappa shape index (κ1) is 24.9. The molecule has 1 saturated heterocycles. The van der Waals surface area contributed by atoms with Gasteiger partial charge in [-0.05, 0) is 44.2 Å². The number of hydrogen-bond donors (Lipinski definition) is 1.